The van der Waals surface area contributed by atoms with E-state index in [2.05, 4.69) is 15.2 Å². The average molecular weight is 274 g/mol. The largest absolute Gasteiger partial charge is 0.336 e. The second-order valence-electron chi connectivity index (χ2n) is 4.64. The Kier molecular flexibility index (Phi) is 4.09. The number of rotatable bonds is 4. The number of aryl methyl sites for hydroxylation is 1. The van der Waals surface area contributed by atoms with Crippen molar-refractivity contribution in [3.05, 3.63) is 35.9 Å². The van der Waals surface area contributed by atoms with Gasteiger partial charge in [-0.15, -0.1) is 4.80 Å². The van der Waals surface area contributed by atoms with Crippen LogP contribution in [0, 0.1) is 6.92 Å². The number of carbonyl (C=O) groups excluding carboxylic acids is 1. The van der Waals surface area contributed by atoms with Gasteiger partial charge in [-0.1, -0.05) is 0 Å². The molecule has 7 nitrogen and oxygen atoms in total. The third-order valence-electron chi connectivity index (χ3n) is 3.17. The van der Waals surface area contributed by atoms with E-state index in [0.717, 1.165) is 5.69 Å². The number of carbonyl (C=O) groups is 1. The second kappa shape index (κ2) is 5.79. The lowest BCUT2D eigenvalue weighted by atomic mass is 10.2. The van der Waals surface area contributed by atoms with Crippen molar-refractivity contribution < 1.29 is 4.79 Å². The quantitative estimate of drug-likeness (QED) is 0.871. The van der Waals surface area contributed by atoms with Gasteiger partial charge in [0.15, 0.2) is 5.69 Å². The van der Waals surface area contributed by atoms with Gasteiger partial charge < -0.3 is 10.6 Å². The highest BCUT2D eigenvalue weighted by Crippen LogP contribution is 2.14. The highest BCUT2D eigenvalue weighted by atomic mass is 16.2. The van der Waals surface area contributed by atoms with Gasteiger partial charge >= 0.3 is 0 Å². The summed E-state index contributed by atoms with van der Waals surface area (Å²) >= 11 is 0. The Morgan fingerprint density at radius 2 is 2.05 bits per heavy atom. The molecule has 2 N–H and O–H groups in total. The molecular weight excluding hydrogens is 256 g/mol. The molecule has 1 atom stereocenters. The van der Waals surface area contributed by atoms with Crippen molar-refractivity contribution in [1.82, 2.24) is 24.9 Å². The van der Waals surface area contributed by atoms with E-state index in [-0.39, 0.29) is 11.9 Å². The van der Waals surface area contributed by atoms with Gasteiger partial charge in [-0.25, -0.2) is 4.98 Å². The molecule has 2 rings (SSSR count). The van der Waals surface area contributed by atoms with Gasteiger partial charge in [0.1, 0.15) is 5.69 Å². The summed E-state index contributed by atoms with van der Waals surface area (Å²) in [5.41, 5.74) is 7.25. The van der Waals surface area contributed by atoms with Gasteiger partial charge in [-0.05, 0) is 26.0 Å². The topological polar surface area (TPSA) is 89.9 Å². The molecular formula is C13H18N6O. The molecule has 7 heteroatoms. The van der Waals surface area contributed by atoms with E-state index < -0.39 is 0 Å². The molecule has 0 bridgehead atoms. The van der Waals surface area contributed by atoms with Gasteiger partial charge in [-0.2, -0.15) is 10.2 Å². The minimum Gasteiger partial charge on any atom is -0.336 e. The zero-order valence-corrected chi connectivity index (χ0v) is 11.8. The fraction of sp³-hybridized carbons (Fsp3) is 0.385. The monoisotopic (exact) mass is 274 g/mol. The van der Waals surface area contributed by atoms with Gasteiger partial charge in [0.25, 0.3) is 5.91 Å². The van der Waals surface area contributed by atoms with Gasteiger partial charge in [0.2, 0.25) is 0 Å². The number of hydrogen-bond donors (Lipinski definition) is 1. The summed E-state index contributed by atoms with van der Waals surface area (Å²) in [6, 6.07) is 3.54. The Morgan fingerprint density at radius 1 is 1.40 bits per heavy atom. The van der Waals surface area contributed by atoms with Crippen LogP contribution >= 0.6 is 0 Å². The smallest absolute Gasteiger partial charge is 0.274 e. The van der Waals surface area contributed by atoms with Crippen LogP contribution in [0.1, 0.15) is 23.1 Å². The van der Waals surface area contributed by atoms with Crippen LogP contribution < -0.4 is 5.73 Å². The lowest BCUT2D eigenvalue weighted by Crippen LogP contribution is -2.40. The number of nitrogens with zero attached hydrogens (tertiary/aromatic N) is 5. The first kappa shape index (κ1) is 14.1. The molecule has 0 aliphatic heterocycles. The van der Waals surface area contributed by atoms with Gasteiger partial charge in [0.05, 0.1) is 12.4 Å². The first-order valence-electron chi connectivity index (χ1n) is 6.36. The summed E-state index contributed by atoms with van der Waals surface area (Å²) in [7, 11) is 1.71. The van der Waals surface area contributed by atoms with E-state index in [0.29, 0.717) is 17.9 Å². The van der Waals surface area contributed by atoms with Crippen LogP contribution in [0.3, 0.4) is 0 Å². The summed E-state index contributed by atoms with van der Waals surface area (Å²) in [4.78, 5) is 19.9. The van der Waals surface area contributed by atoms with Gasteiger partial charge in [-0.3, -0.25) is 4.79 Å². The van der Waals surface area contributed by atoms with Crippen molar-refractivity contribution in [2.45, 2.75) is 19.9 Å². The van der Waals surface area contributed by atoms with E-state index in [1.807, 2.05) is 19.9 Å². The predicted molar refractivity (Wildman–Crippen MR) is 74.5 cm³/mol. The van der Waals surface area contributed by atoms with Crippen LogP contribution in [-0.4, -0.2) is 50.4 Å². The molecule has 2 heterocycles. The van der Waals surface area contributed by atoms with Crippen molar-refractivity contribution in [1.29, 1.82) is 0 Å². The molecule has 0 unspecified atom stereocenters. The fourth-order valence-electron chi connectivity index (χ4n) is 1.73. The number of pyridine rings is 1. The fourth-order valence-corrected chi connectivity index (χ4v) is 1.73. The zero-order valence-electron chi connectivity index (χ0n) is 11.8. The molecule has 0 aliphatic rings. The van der Waals surface area contributed by atoms with Crippen LogP contribution in [-0.2, 0) is 0 Å². The molecule has 20 heavy (non-hydrogen) atoms. The molecule has 0 aromatic carbocycles. The summed E-state index contributed by atoms with van der Waals surface area (Å²) in [5, 5.41) is 8.11. The summed E-state index contributed by atoms with van der Waals surface area (Å²) in [6.45, 7) is 4.12. The number of likely N-dealkylation sites (N-methyl/N-ethyl adjacent to an activating group) is 1. The minimum absolute atomic E-state index is 0.0664. The molecule has 0 fully saturated rings. The number of nitrogens with two attached hydrogens (primary N) is 1. The molecule has 0 saturated heterocycles. The Hall–Kier alpha value is -2.28. The maximum absolute atomic E-state index is 12.6. The van der Waals surface area contributed by atoms with Crippen molar-refractivity contribution >= 4 is 5.91 Å². The van der Waals surface area contributed by atoms with E-state index in [1.54, 1.807) is 30.4 Å². The average Bonchev–Trinajstić information content (AvgIpc) is 2.98. The summed E-state index contributed by atoms with van der Waals surface area (Å²) < 4.78 is 0. The van der Waals surface area contributed by atoms with Crippen LogP contribution in [0.5, 0.6) is 0 Å². The van der Waals surface area contributed by atoms with Crippen LogP contribution in [0.15, 0.2) is 24.5 Å². The molecule has 2 aromatic rings. The van der Waals surface area contributed by atoms with E-state index in [9.17, 15) is 4.79 Å². The van der Waals surface area contributed by atoms with E-state index >= 15 is 0 Å². The molecule has 1 amide bonds. The first-order valence-corrected chi connectivity index (χ1v) is 6.36. The lowest BCUT2D eigenvalue weighted by Gasteiger charge is -2.24. The Morgan fingerprint density at radius 3 is 2.65 bits per heavy atom. The van der Waals surface area contributed by atoms with E-state index in [4.69, 9.17) is 5.73 Å². The third kappa shape index (κ3) is 2.67. The second-order valence-corrected chi connectivity index (χ2v) is 4.64. The Labute approximate surface area is 117 Å². The molecule has 0 aliphatic carbocycles. The molecule has 2 aromatic heterocycles. The first-order chi connectivity index (χ1) is 9.54. The minimum atomic E-state index is -0.195. The molecule has 0 saturated carbocycles. The summed E-state index contributed by atoms with van der Waals surface area (Å²) in [6.07, 6.45) is 3.11. The predicted octanol–water partition coefficient (Wildman–Crippen LogP) is 0.390. The van der Waals surface area contributed by atoms with E-state index in [1.165, 1.54) is 4.80 Å². The summed E-state index contributed by atoms with van der Waals surface area (Å²) in [5.74, 6) is -0.195. The Bertz CT molecular complexity index is 595. The number of hydrogen-bond acceptors (Lipinski definition) is 5. The standard InChI is InChI=1S/C13H18N6O/c1-9-4-5-11(19-15-6-7-16-19)12(17-9)13(20)18(3)10(2)8-14/h4-7,10H,8,14H2,1-3H3/t10-/m0/s1. The van der Waals surface area contributed by atoms with Crippen molar-refractivity contribution in [3.63, 3.8) is 0 Å². The Balaban J connectivity index is 2.45. The third-order valence-corrected chi connectivity index (χ3v) is 3.17. The van der Waals surface area contributed by atoms with Crippen molar-refractivity contribution in [2.75, 3.05) is 13.6 Å². The lowest BCUT2D eigenvalue weighted by molar-refractivity contribution is 0.0742. The SMILES string of the molecule is Cc1ccc(-n2nccn2)c(C(=O)N(C)[C@@H](C)CN)n1. The molecule has 0 radical (unpaired) electrons. The maximum Gasteiger partial charge on any atom is 0.274 e. The highest BCUT2D eigenvalue weighted by Gasteiger charge is 2.22. The van der Waals surface area contributed by atoms with Crippen LogP contribution in [0.4, 0.5) is 0 Å². The maximum atomic E-state index is 12.6. The normalized spacial score (nSPS) is 12.2. The van der Waals surface area contributed by atoms with Crippen molar-refractivity contribution in [2.24, 2.45) is 5.73 Å². The van der Waals surface area contributed by atoms with Crippen molar-refractivity contribution in [3.8, 4) is 5.69 Å². The number of aromatic nitrogens is 4. The van der Waals surface area contributed by atoms with Crippen LogP contribution in [0.2, 0.25) is 0 Å². The zero-order chi connectivity index (χ0) is 14.7. The van der Waals surface area contributed by atoms with Crippen LogP contribution in [0.25, 0.3) is 5.69 Å². The van der Waals surface area contributed by atoms with Gasteiger partial charge in [0, 0.05) is 25.3 Å². The highest BCUT2D eigenvalue weighted by molar-refractivity contribution is 5.95. The number of amides is 1. The molecule has 0 spiro atoms. The molecule has 106 valence electrons.